The first-order valence-corrected chi connectivity index (χ1v) is 6.58. The van der Waals surface area contributed by atoms with Crippen LogP contribution < -0.4 is 5.32 Å². The molecular weight excluding hydrogens is 261 g/mol. The third-order valence-corrected chi connectivity index (χ3v) is 3.77. The Bertz CT molecular complexity index is 524. The molecule has 2 rings (SSSR count). The third kappa shape index (κ3) is 3.15. The van der Waals surface area contributed by atoms with Gasteiger partial charge in [0.25, 0.3) is 0 Å². The maximum atomic E-state index is 12.9. The van der Waals surface area contributed by atoms with Crippen LogP contribution in [0.2, 0.25) is 0 Å². The van der Waals surface area contributed by atoms with Gasteiger partial charge in [-0.15, -0.1) is 0 Å². The summed E-state index contributed by atoms with van der Waals surface area (Å²) < 4.78 is 12.9. The van der Waals surface area contributed by atoms with Crippen LogP contribution in [0.5, 0.6) is 0 Å². The summed E-state index contributed by atoms with van der Waals surface area (Å²) in [4.78, 5) is 22.5. The highest BCUT2D eigenvalue weighted by Crippen LogP contribution is 2.38. The summed E-state index contributed by atoms with van der Waals surface area (Å²) in [6.45, 7) is 4.28. The number of hydrogen-bond donors (Lipinski definition) is 2. The zero-order chi connectivity index (χ0) is 14.9. The first-order valence-electron chi connectivity index (χ1n) is 6.58. The van der Waals surface area contributed by atoms with E-state index < -0.39 is 17.8 Å². The van der Waals surface area contributed by atoms with E-state index in [9.17, 15) is 14.0 Å². The fourth-order valence-corrected chi connectivity index (χ4v) is 2.20. The lowest BCUT2D eigenvalue weighted by Crippen LogP contribution is -2.37. The molecule has 1 saturated carbocycles. The van der Waals surface area contributed by atoms with Crippen molar-refractivity contribution < 1.29 is 19.1 Å². The van der Waals surface area contributed by atoms with Crippen LogP contribution in [0.4, 0.5) is 4.39 Å². The summed E-state index contributed by atoms with van der Waals surface area (Å²) in [5, 5.41) is 11.6. The molecule has 0 bridgehead atoms. The van der Waals surface area contributed by atoms with E-state index in [4.69, 9.17) is 5.11 Å². The fourth-order valence-electron chi connectivity index (χ4n) is 2.20. The minimum Gasteiger partial charge on any atom is -0.481 e. The summed E-state index contributed by atoms with van der Waals surface area (Å²) in [7, 11) is 0. The summed E-state index contributed by atoms with van der Waals surface area (Å²) in [5.41, 5.74) is 0.585. The maximum Gasteiger partial charge on any atom is 0.307 e. The zero-order valence-electron chi connectivity index (χ0n) is 11.5. The Kier molecular flexibility index (Phi) is 3.79. The molecule has 0 radical (unpaired) electrons. The van der Waals surface area contributed by atoms with Gasteiger partial charge in [0.1, 0.15) is 5.82 Å². The van der Waals surface area contributed by atoms with E-state index in [1.807, 2.05) is 13.8 Å². The van der Waals surface area contributed by atoms with Crippen LogP contribution in [0.15, 0.2) is 24.3 Å². The molecule has 1 aromatic rings. The van der Waals surface area contributed by atoms with Gasteiger partial charge in [0.15, 0.2) is 0 Å². The molecule has 1 amide bonds. The molecule has 108 valence electrons. The van der Waals surface area contributed by atoms with E-state index in [1.165, 1.54) is 12.1 Å². The van der Waals surface area contributed by atoms with Crippen molar-refractivity contribution in [1.29, 1.82) is 0 Å². The maximum absolute atomic E-state index is 12.9. The van der Waals surface area contributed by atoms with Crippen molar-refractivity contribution in [3.63, 3.8) is 0 Å². The monoisotopic (exact) mass is 279 g/mol. The van der Waals surface area contributed by atoms with Crippen molar-refractivity contribution in [2.75, 3.05) is 6.54 Å². The van der Waals surface area contributed by atoms with Gasteiger partial charge in [-0.2, -0.15) is 0 Å². The van der Waals surface area contributed by atoms with Gasteiger partial charge >= 0.3 is 5.97 Å². The molecule has 1 aliphatic carbocycles. The topological polar surface area (TPSA) is 66.4 Å². The van der Waals surface area contributed by atoms with E-state index in [0.29, 0.717) is 13.0 Å². The van der Waals surface area contributed by atoms with Crippen molar-refractivity contribution >= 4 is 11.9 Å². The highest BCUT2D eigenvalue weighted by Gasteiger charge is 2.48. The van der Waals surface area contributed by atoms with Crippen LogP contribution in [-0.2, 0) is 15.0 Å². The van der Waals surface area contributed by atoms with Crippen molar-refractivity contribution in [3.05, 3.63) is 35.6 Å². The highest BCUT2D eigenvalue weighted by atomic mass is 19.1. The molecule has 4 nitrogen and oxygen atoms in total. The number of rotatable bonds is 5. The number of carbonyl (C=O) groups excluding carboxylic acids is 1. The van der Waals surface area contributed by atoms with Crippen LogP contribution in [0, 0.1) is 17.7 Å². The van der Waals surface area contributed by atoms with Crippen molar-refractivity contribution in [2.45, 2.75) is 25.7 Å². The molecule has 2 atom stereocenters. The molecule has 0 heterocycles. The highest BCUT2D eigenvalue weighted by molar-refractivity contribution is 5.89. The summed E-state index contributed by atoms with van der Waals surface area (Å²) in [6.07, 6.45) is 0.415. The Balaban J connectivity index is 1.91. The van der Waals surface area contributed by atoms with Gasteiger partial charge in [-0.25, -0.2) is 4.39 Å². The lowest BCUT2D eigenvalue weighted by molar-refractivity contribution is -0.140. The number of hydrogen-bond acceptors (Lipinski definition) is 2. The first-order chi connectivity index (χ1) is 9.31. The third-order valence-electron chi connectivity index (χ3n) is 3.77. The lowest BCUT2D eigenvalue weighted by atomic mass is 9.84. The van der Waals surface area contributed by atoms with Gasteiger partial charge < -0.3 is 10.4 Å². The Hall–Kier alpha value is -1.91. The predicted octanol–water partition coefficient (Wildman–Crippen LogP) is 1.94. The second-order valence-electron chi connectivity index (χ2n) is 5.90. The van der Waals surface area contributed by atoms with Crippen molar-refractivity contribution in [2.24, 2.45) is 11.8 Å². The summed E-state index contributed by atoms with van der Waals surface area (Å²) in [5.74, 6) is -2.37. The van der Waals surface area contributed by atoms with Crippen LogP contribution >= 0.6 is 0 Å². The molecule has 1 fully saturated rings. The minimum atomic E-state index is -0.914. The Morgan fingerprint density at radius 3 is 2.40 bits per heavy atom. The van der Waals surface area contributed by atoms with Gasteiger partial charge in [-0.05, 0) is 24.1 Å². The number of aliphatic carboxylic acids is 1. The smallest absolute Gasteiger partial charge is 0.307 e. The van der Waals surface area contributed by atoms with E-state index in [2.05, 4.69) is 5.32 Å². The van der Waals surface area contributed by atoms with Crippen LogP contribution in [0.3, 0.4) is 0 Å². The van der Waals surface area contributed by atoms with E-state index in [0.717, 1.165) is 5.56 Å². The molecule has 0 aliphatic heterocycles. The Labute approximate surface area is 117 Å². The average Bonchev–Trinajstić information content (AvgIpc) is 3.17. The number of carbonyl (C=O) groups is 2. The molecular formula is C15H18FNO3. The van der Waals surface area contributed by atoms with Gasteiger partial charge in [0.2, 0.25) is 5.91 Å². The zero-order valence-corrected chi connectivity index (χ0v) is 11.5. The number of nitrogens with one attached hydrogen (secondary N) is 1. The van der Waals surface area contributed by atoms with Gasteiger partial charge in [-0.1, -0.05) is 26.0 Å². The molecule has 1 aromatic carbocycles. The molecule has 2 N–H and O–H groups in total. The van der Waals surface area contributed by atoms with Crippen molar-refractivity contribution in [3.8, 4) is 0 Å². The summed E-state index contributed by atoms with van der Waals surface area (Å²) in [6, 6.07) is 6.16. The Morgan fingerprint density at radius 1 is 1.30 bits per heavy atom. The molecule has 0 aromatic heterocycles. The minimum absolute atomic E-state index is 0.215. The molecule has 20 heavy (non-hydrogen) atoms. The number of benzene rings is 1. The number of halogens is 1. The lowest BCUT2D eigenvalue weighted by Gasteiger charge is -2.25. The van der Waals surface area contributed by atoms with Gasteiger partial charge in [-0.3, -0.25) is 9.59 Å². The van der Waals surface area contributed by atoms with E-state index >= 15 is 0 Å². The molecule has 0 saturated heterocycles. The van der Waals surface area contributed by atoms with Crippen LogP contribution in [0.25, 0.3) is 0 Å². The molecule has 0 unspecified atom stereocenters. The normalized spacial score (nSPS) is 21.4. The van der Waals surface area contributed by atoms with E-state index in [-0.39, 0.29) is 17.1 Å². The van der Waals surface area contributed by atoms with E-state index in [1.54, 1.807) is 12.1 Å². The molecule has 1 aliphatic rings. The fraction of sp³-hybridized carbons (Fsp3) is 0.467. The summed E-state index contributed by atoms with van der Waals surface area (Å²) >= 11 is 0. The second-order valence-corrected chi connectivity index (χ2v) is 5.90. The standard InChI is InChI=1S/C15H18FNO3/c1-15(2,9-3-5-10(16)6-4-9)8-17-13(18)11-7-12(11)14(19)20/h3-6,11-12H,7-8H2,1-2H3,(H,17,18)(H,19,20)/t11-,12-/m0/s1. The van der Waals surface area contributed by atoms with Gasteiger partial charge in [0, 0.05) is 12.0 Å². The van der Waals surface area contributed by atoms with Crippen molar-refractivity contribution in [1.82, 2.24) is 5.32 Å². The number of carboxylic acids is 1. The predicted molar refractivity (Wildman–Crippen MR) is 71.7 cm³/mol. The SMILES string of the molecule is CC(C)(CNC(=O)[C@H]1C[C@@H]1C(=O)O)c1ccc(F)cc1. The Morgan fingerprint density at radius 2 is 1.90 bits per heavy atom. The first kappa shape index (κ1) is 14.5. The molecule has 0 spiro atoms. The number of amides is 1. The van der Waals surface area contributed by atoms with Gasteiger partial charge in [0.05, 0.1) is 11.8 Å². The van der Waals surface area contributed by atoms with Crippen LogP contribution in [-0.4, -0.2) is 23.5 Å². The molecule has 5 heteroatoms. The van der Waals surface area contributed by atoms with Crippen LogP contribution in [0.1, 0.15) is 25.8 Å². The quantitative estimate of drug-likeness (QED) is 0.865. The number of carboxylic acid groups (broad SMARTS) is 1. The second kappa shape index (κ2) is 5.23. The average molecular weight is 279 g/mol. The largest absolute Gasteiger partial charge is 0.481 e.